The zero-order valence-electron chi connectivity index (χ0n) is 19.9. The summed E-state index contributed by atoms with van der Waals surface area (Å²) in [7, 11) is 4.89. The van der Waals surface area contributed by atoms with Gasteiger partial charge < -0.3 is 14.6 Å². The van der Waals surface area contributed by atoms with Crippen molar-refractivity contribution in [2.24, 2.45) is 14.1 Å². The number of rotatable bonds is 3. The third-order valence-corrected chi connectivity index (χ3v) is 7.60. The highest BCUT2D eigenvalue weighted by molar-refractivity contribution is 9.10. The molecule has 8 heteroatoms. The molecule has 0 radical (unpaired) electrons. The number of benzene rings is 3. The Morgan fingerprint density at radius 1 is 0.889 bits per heavy atom. The minimum absolute atomic E-state index is 0.317. The molecule has 0 bridgehead atoms. The number of hydrogen-bond acceptors (Lipinski definition) is 4. The van der Waals surface area contributed by atoms with Gasteiger partial charge in [0.1, 0.15) is 5.75 Å². The molecular weight excluding hydrogens is 520 g/mol. The average molecular weight is 543 g/mol. The van der Waals surface area contributed by atoms with E-state index in [-0.39, 0.29) is 17.3 Å². The Balaban J connectivity index is 1.84. The van der Waals surface area contributed by atoms with Gasteiger partial charge in [-0.25, -0.2) is 4.79 Å². The van der Waals surface area contributed by atoms with Crippen molar-refractivity contribution >= 4 is 32.5 Å². The summed E-state index contributed by atoms with van der Waals surface area (Å²) in [6.45, 7) is 0. The van der Waals surface area contributed by atoms with Gasteiger partial charge in [-0.05, 0) is 35.9 Å². The molecule has 6 rings (SSSR count). The number of nitrogens with zero attached hydrogens (tertiary/aromatic N) is 3. The number of fused-ring (bicyclic) bond motifs is 5. The van der Waals surface area contributed by atoms with E-state index >= 15 is 0 Å². The lowest BCUT2D eigenvalue weighted by Gasteiger charge is -2.31. The first-order valence-electron chi connectivity index (χ1n) is 11.5. The van der Waals surface area contributed by atoms with Gasteiger partial charge >= 0.3 is 5.69 Å². The molecule has 0 saturated carbocycles. The van der Waals surface area contributed by atoms with Crippen molar-refractivity contribution < 1.29 is 4.74 Å². The van der Waals surface area contributed by atoms with Crippen molar-refractivity contribution in [2.75, 3.05) is 12.4 Å². The second-order valence-corrected chi connectivity index (χ2v) is 9.70. The zero-order valence-corrected chi connectivity index (χ0v) is 21.5. The molecule has 0 spiro atoms. The molecular formula is C28H23BrN4O3. The fraction of sp³-hybridized carbons (Fsp3) is 0.143. The zero-order chi connectivity index (χ0) is 25.1. The summed E-state index contributed by atoms with van der Waals surface area (Å²) in [5, 5.41) is 4.16. The topological polar surface area (TPSA) is 70.2 Å². The monoisotopic (exact) mass is 542 g/mol. The van der Waals surface area contributed by atoms with Gasteiger partial charge in [-0.15, -0.1) is 0 Å². The summed E-state index contributed by atoms with van der Waals surface area (Å²) in [5.41, 5.74) is 5.19. The summed E-state index contributed by atoms with van der Waals surface area (Å²) in [5.74, 6) is 0.755. The lowest BCUT2D eigenvalue weighted by Crippen LogP contribution is -2.37. The van der Waals surface area contributed by atoms with Crippen LogP contribution < -0.4 is 21.3 Å². The third kappa shape index (κ3) is 3.10. The van der Waals surface area contributed by atoms with Crippen LogP contribution in [-0.2, 0) is 14.1 Å². The lowest BCUT2D eigenvalue weighted by atomic mass is 9.99. The minimum Gasteiger partial charge on any atom is -0.497 e. The van der Waals surface area contributed by atoms with E-state index in [2.05, 4.69) is 25.8 Å². The fourth-order valence-electron chi connectivity index (χ4n) is 5.17. The van der Waals surface area contributed by atoms with E-state index < -0.39 is 0 Å². The minimum atomic E-state index is -0.369. The molecule has 3 aromatic carbocycles. The van der Waals surface area contributed by atoms with Crippen LogP contribution in [0.4, 0.5) is 5.69 Å². The number of halogens is 1. The normalized spacial score (nSPS) is 14.3. The van der Waals surface area contributed by atoms with Crippen LogP contribution in [0.15, 0.2) is 86.9 Å². The van der Waals surface area contributed by atoms with E-state index in [0.29, 0.717) is 10.9 Å². The maximum atomic E-state index is 13.7. The Labute approximate surface area is 215 Å². The quantitative estimate of drug-likeness (QED) is 0.349. The summed E-state index contributed by atoms with van der Waals surface area (Å²) in [6.07, 6.45) is 0. The number of nitrogens with one attached hydrogen (secondary N) is 1. The number of para-hydroxylation sites is 2. The molecule has 0 fully saturated rings. The first-order chi connectivity index (χ1) is 17.4. The molecule has 36 heavy (non-hydrogen) atoms. The number of hydrogen-bond donors (Lipinski definition) is 1. The largest absolute Gasteiger partial charge is 0.497 e. The summed E-state index contributed by atoms with van der Waals surface area (Å²) in [4.78, 5) is 26.9. The highest BCUT2D eigenvalue weighted by atomic mass is 79.9. The summed E-state index contributed by atoms with van der Waals surface area (Å²) < 4.78 is 11.1. The Hall–Kier alpha value is -4.04. The van der Waals surface area contributed by atoms with Crippen LogP contribution in [0.3, 0.4) is 0 Å². The molecule has 0 unspecified atom stereocenters. The van der Waals surface area contributed by atoms with Crippen LogP contribution in [0.5, 0.6) is 5.75 Å². The SMILES string of the molecule is COc1ccc([C@@H]2Nc3ccccc3-n3c(-c4ccccc4Br)c4c(=O)n(C)c(=O)n(C)c4c32)cc1. The molecule has 5 aromatic rings. The van der Waals surface area contributed by atoms with Gasteiger partial charge in [0.05, 0.1) is 46.8 Å². The lowest BCUT2D eigenvalue weighted by molar-refractivity contribution is 0.414. The summed E-state index contributed by atoms with van der Waals surface area (Å²) >= 11 is 3.70. The molecule has 1 aliphatic rings. The third-order valence-electron chi connectivity index (χ3n) is 6.90. The predicted octanol–water partition coefficient (Wildman–Crippen LogP) is 4.98. The van der Waals surface area contributed by atoms with Crippen molar-refractivity contribution in [3.05, 3.63) is 109 Å². The number of ether oxygens (including phenoxy) is 1. The molecule has 1 aliphatic heterocycles. The van der Waals surface area contributed by atoms with Gasteiger partial charge in [0.25, 0.3) is 5.56 Å². The Morgan fingerprint density at radius 2 is 1.58 bits per heavy atom. The fourth-order valence-corrected chi connectivity index (χ4v) is 5.64. The standard InChI is InChI=1S/C28H23BrN4O3/c1-31-25-22(27(34)32(2)28(31)35)24(18-8-4-5-9-19(18)29)33-21-11-7-6-10-20(21)30-23(26(25)33)16-12-14-17(36-3)15-13-16/h4-15,23,30H,1-3H3/t23-/m0/s1. The van der Waals surface area contributed by atoms with Gasteiger partial charge in [-0.2, -0.15) is 0 Å². The molecule has 3 heterocycles. The van der Waals surface area contributed by atoms with Gasteiger partial charge in [0.2, 0.25) is 0 Å². The van der Waals surface area contributed by atoms with Crippen molar-refractivity contribution in [1.82, 2.24) is 13.7 Å². The van der Waals surface area contributed by atoms with Crippen LogP contribution in [-0.4, -0.2) is 20.8 Å². The number of aromatic nitrogens is 3. The van der Waals surface area contributed by atoms with Crippen LogP contribution >= 0.6 is 15.9 Å². The van der Waals surface area contributed by atoms with Gasteiger partial charge in [0, 0.05) is 24.1 Å². The first-order valence-corrected chi connectivity index (χ1v) is 12.3. The number of aryl methyl sites for hydroxylation is 1. The van der Waals surface area contributed by atoms with E-state index in [9.17, 15) is 9.59 Å². The molecule has 0 amide bonds. The first kappa shape index (κ1) is 22.4. The van der Waals surface area contributed by atoms with Crippen molar-refractivity contribution in [3.63, 3.8) is 0 Å². The van der Waals surface area contributed by atoms with Crippen molar-refractivity contribution in [1.29, 1.82) is 0 Å². The molecule has 1 atom stereocenters. The smallest absolute Gasteiger partial charge is 0.331 e. The highest BCUT2D eigenvalue weighted by Gasteiger charge is 2.35. The average Bonchev–Trinajstić information content (AvgIpc) is 3.27. The van der Waals surface area contributed by atoms with E-state index in [0.717, 1.165) is 44.1 Å². The number of anilines is 1. The second-order valence-electron chi connectivity index (χ2n) is 8.85. The van der Waals surface area contributed by atoms with Crippen molar-refractivity contribution in [3.8, 4) is 22.7 Å². The van der Waals surface area contributed by atoms with Gasteiger partial charge in [-0.1, -0.05) is 58.4 Å². The van der Waals surface area contributed by atoms with Crippen LogP contribution in [0.2, 0.25) is 0 Å². The second kappa shape index (κ2) is 8.27. The van der Waals surface area contributed by atoms with E-state index in [4.69, 9.17) is 4.74 Å². The van der Waals surface area contributed by atoms with Crippen LogP contribution in [0, 0.1) is 0 Å². The predicted molar refractivity (Wildman–Crippen MR) is 145 cm³/mol. The van der Waals surface area contributed by atoms with Gasteiger partial charge in [0.15, 0.2) is 0 Å². The maximum Gasteiger partial charge on any atom is 0.331 e. The van der Waals surface area contributed by atoms with E-state index in [1.165, 1.54) is 11.6 Å². The van der Waals surface area contributed by atoms with Crippen molar-refractivity contribution in [2.45, 2.75) is 6.04 Å². The van der Waals surface area contributed by atoms with E-state index in [1.807, 2.05) is 72.8 Å². The Morgan fingerprint density at radius 3 is 2.31 bits per heavy atom. The van der Waals surface area contributed by atoms with Crippen LogP contribution in [0.1, 0.15) is 17.3 Å². The molecule has 2 aromatic heterocycles. The molecule has 1 N–H and O–H groups in total. The molecule has 0 saturated heterocycles. The Kier molecular flexibility index (Phi) is 5.15. The number of methoxy groups -OCH3 is 1. The molecule has 0 aliphatic carbocycles. The van der Waals surface area contributed by atoms with E-state index in [1.54, 1.807) is 18.7 Å². The van der Waals surface area contributed by atoms with Gasteiger partial charge in [-0.3, -0.25) is 13.9 Å². The highest BCUT2D eigenvalue weighted by Crippen LogP contribution is 2.46. The van der Waals surface area contributed by atoms with Crippen LogP contribution in [0.25, 0.3) is 27.8 Å². The maximum absolute atomic E-state index is 13.7. The molecule has 180 valence electrons. The Bertz CT molecular complexity index is 1780. The summed E-state index contributed by atoms with van der Waals surface area (Å²) in [6, 6.07) is 23.4. The molecule has 7 nitrogen and oxygen atoms in total.